The van der Waals surface area contributed by atoms with E-state index in [-0.39, 0.29) is 0 Å². The van der Waals surface area contributed by atoms with Crippen LogP contribution in [-0.2, 0) is 6.18 Å². The molecule has 112 valence electrons. The van der Waals surface area contributed by atoms with Crippen LogP contribution in [0, 0.1) is 5.92 Å². The molecule has 1 N–H and O–H groups in total. The summed E-state index contributed by atoms with van der Waals surface area (Å²) in [6.07, 6.45) is 1.15. The predicted octanol–water partition coefficient (Wildman–Crippen LogP) is 3.26. The molecule has 1 aromatic heterocycles. The highest BCUT2D eigenvalue weighted by molar-refractivity contribution is 5.21. The van der Waals surface area contributed by atoms with Gasteiger partial charge in [-0.25, -0.2) is 4.98 Å². The quantitative estimate of drug-likeness (QED) is 0.923. The van der Waals surface area contributed by atoms with E-state index in [0.29, 0.717) is 24.3 Å². The van der Waals surface area contributed by atoms with Crippen LogP contribution in [0.15, 0.2) is 18.3 Å². The van der Waals surface area contributed by atoms with Gasteiger partial charge < -0.3 is 10.1 Å². The molecule has 0 atom stereocenters. The van der Waals surface area contributed by atoms with Crippen LogP contribution in [0.3, 0.4) is 0 Å². The molecule has 0 bridgehead atoms. The van der Waals surface area contributed by atoms with Crippen molar-refractivity contribution in [3.05, 3.63) is 24.0 Å². The van der Waals surface area contributed by atoms with Crippen LogP contribution in [0.2, 0.25) is 0 Å². The fourth-order valence-electron chi connectivity index (χ4n) is 2.47. The standard InChI is InChI=1S/C14H19F3N2O/c1-18-11-4-2-10(3-5-11)9-20-12-6-7-13(19-8-12)14(15,16)17/h6-8,10-11,18H,2-5,9H2,1H3/t10-,11-. The second kappa shape index (κ2) is 6.43. The van der Waals surface area contributed by atoms with E-state index in [1.54, 1.807) is 0 Å². The summed E-state index contributed by atoms with van der Waals surface area (Å²) in [5, 5.41) is 3.26. The lowest BCUT2D eigenvalue weighted by atomic mass is 9.87. The van der Waals surface area contributed by atoms with Gasteiger partial charge in [-0.15, -0.1) is 0 Å². The molecule has 1 aromatic rings. The largest absolute Gasteiger partial charge is 0.492 e. The Morgan fingerprint density at radius 1 is 1.25 bits per heavy atom. The fourth-order valence-corrected chi connectivity index (χ4v) is 2.47. The minimum absolute atomic E-state index is 0.397. The molecule has 1 fully saturated rings. The van der Waals surface area contributed by atoms with Crippen LogP contribution in [0.1, 0.15) is 31.4 Å². The van der Waals surface area contributed by atoms with Gasteiger partial charge in [-0.3, -0.25) is 0 Å². The number of nitrogens with one attached hydrogen (secondary N) is 1. The van der Waals surface area contributed by atoms with Gasteiger partial charge in [0.25, 0.3) is 0 Å². The summed E-state index contributed by atoms with van der Waals surface area (Å²) in [5.41, 5.74) is -0.889. The van der Waals surface area contributed by atoms with Crippen LogP contribution < -0.4 is 10.1 Å². The second-order valence-corrected chi connectivity index (χ2v) is 5.19. The Bertz CT molecular complexity index is 411. The monoisotopic (exact) mass is 288 g/mol. The minimum atomic E-state index is -4.40. The summed E-state index contributed by atoms with van der Waals surface area (Å²) in [6, 6.07) is 2.86. The number of hydrogen-bond donors (Lipinski definition) is 1. The van der Waals surface area contributed by atoms with Gasteiger partial charge in [0.2, 0.25) is 0 Å². The molecular weight excluding hydrogens is 269 g/mol. The van der Waals surface area contributed by atoms with Crippen molar-refractivity contribution in [2.45, 2.75) is 37.9 Å². The lowest BCUT2D eigenvalue weighted by molar-refractivity contribution is -0.141. The third kappa shape index (κ3) is 4.10. The lowest BCUT2D eigenvalue weighted by Crippen LogP contribution is -2.31. The zero-order valence-electron chi connectivity index (χ0n) is 11.4. The molecule has 0 aliphatic heterocycles. The number of aromatic nitrogens is 1. The molecule has 20 heavy (non-hydrogen) atoms. The van der Waals surface area contributed by atoms with Gasteiger partial charge in [0.05, 0.1) is 12.8 Å². The Morgan fingerprint density at radius 3 is 2.45 bits per heavy atom. The normalized spacial score (nSPS) is 23.6. The second-order valence-electron chi connectivity index (χ2n) is 5.19. The molecule has 0 saturated heterocycles. The van der Waals surface area contributed by atoms with Crippen molar-refractivity contribution in [1.29, 1.82) is 0 Å². The van der Waals surface area contributed by atoms with Crippen LogP contribution in [0.5, 0.6) is 5.75 Å². The van der Waals surface area contributed by atoms with Crippen molar-refractivity contribution < 1.29 is 17.9 Å². The molecule has 0 aromatic carbocycles. The molecule has 0 amide bonds. The van der Waals surface area contributed by atoms with Crippen molar-refractivity contribution in [3.63, 3.8) is 0 Å². The SMILES string of the molecule is CN[C@H]1CC[C@H](COc2ccc(C(F)(F)F)nc2)CC1. The van der Waals surface area contributed by atoms with Crippen molar-refractivity contribution >= 4 is 0 Å². The van der Waals surface area contributed by atoms with Crippen molar-refractivity contribution in [2.75, 3.05) is 13.7 Å². The third-order valence-corrected chi connectivity index (χ3v) is 3.77. The molecule has 1 saturated carbocycles. The Balaban J connectivity index is 1.80. The summed E-state index contributed by atoms with van der Waals surface area (Å²) in [6.45, 7) is 0.545. The van der Waals surface area contributed by atoms with E-state index in [4.69, 9.17) is 4.74 Å². The zero-order valence-corrected chi connectivity index (χ0v) is 11.4. The van der Waals surface area contributed by atoms with E-state index < -0.39 is 11.9 Å². The zero-order chi connectivity index (χ0) is 14.6. The molecule has 0 unspecified atom stereocenters. The van der Waals surface area contributed by atoms with Gasteiger partial charge in [0.15, 0.2) is 0 Å². The van der Waals surface area contributed by atoms with E-state index in [2.05, 4.69) is 10.3 Å². The highest BCUT2D eigenvalue weighted by Gasteiger charge is 2.32. The van der Waals surface area contributed by atoms with Gasteiger partial charge >= 0.3 is 6.18 Å². The number of nitrogens with zero attached hydrogens (tertiary/aromatic N) is 1. The molecule has 1 aliphatic carbocycles. The number of hydrogen-bond acceptors (Lipinski definition) is 3. The third-order valence-electron chi connectivity index (χ3n) is 3.77. The van der Waals surface area contributed by atoms with Crippen molar-refractivity contribution in [1.82, 2.24) is 10.3 Å². The summed E-state index contributed by atoms with van der Waals surface area (Å²) >= 11 is 0. The highest BCUT2D eigenvalue weighted by atomic mass is 19.4. The molecule has 1 heterocycles. The van der Waals surface area contributed by atoms with Gasteiger partial charge in [-0.1, -0.05) is 0 Å². The lowest BCUT2D eigenvalue weighted by Gasteiger charge is -2.28. The van der Waals surface area contributed by atoms with E-state index >= 15 is 0 Å². The smallest absolute Gasteiger partial charge is 0.433 e. The van der Waals surface area contributed by atoms with Crippen molar-refractivity contribution in [2.24, 2.45) is 5.92 Å². The Morgan fingerprint density at radius 2 is 1.95 bits per heavy atom. The molecule has 0 spiro atoms. The molecule has 2 rings (SSSR count). The van der Waals surface area contributed by atoms with Crippen LogP contribution in [0.25, 0.3) is 0 Å². The first-order valence-electron chi connectivity index (χ1n) is 6.82. The number of pyridine rings is 1. The summed E-state index contributed by atoms with van der Waals surface area (Å²) < 4.78 is 42.6. The summed E-state index contributed by atoms with van der Waals surface area (Å²) in [4.78, 5) is 3.38. The van der Waals surface area contributed by atoms with Gasteiger partial charge in [-0.2, -0.15) is 13.2 Å². The Hall–Kier alpha value is -1.30. The Kier molecular flexibility index (Phi) is 4.86. The number of alkyl halides is 3. The summed E-state index contributed by atoms with van der Waals surface area (Å²) in [7, 11) is 1.97. The first kappa shape index (κ1) is 15.1. The number of rotatable bonds is 4. The average Bonchev–Trinajstić information content (AvgIpc) is 2.45. The Labute approximate surface area is 116 Å². The topological polar surface area (TPSA) is 34.1 Å². The molecule has 6 heteroatoms. The predicted molar refractivity (Wildman–Crippen MR) is 69.5 cm³/mol. The highest BCUT2D eigenvalue weighted by Crippen LogP contribution is 2.29. The minimum Gasteiger partial charge on any atom is -0.492 e. The molecular formula is C14H19F3N2O. The molecule has 1 aliphatic rings. The maximum Gasteiger partial charge on any atom is 0.433 e. The number of halogens is 3. The molecule has 0 radical (unpaired) electrons. The van der Waals surface area contributed by atoms with Crippen molar-refractivity contribution in [3.8, 4) is 5.75 Å². The summed E-state index contributed by atoms with van der Waals surface area (Å²) in [5.74, 6) is 0.871. The van der Waals surface area contributed by atoms with Gasteiger partial charge in [-0.05, 0) is 50.8 Å². The maximum absolute atomic E-state index is 12.4. The molecule has 3 nitrogen and oxygen atoms in total. The van der Waals surface area contributed by atoms with Crippen LogP contribution in [-0.4, -0.2) is 24.7 Å². The first-order chi connectivity index (χ1) is 9.49. The van der Waals surface area contributed by atoms with E-state index in [1.165, 1.54) is 6.07 Å². The van der Waals surface area contributed by atoms with Crippen LogP contribution in [0.4, 0.5) is 13.2 Å². The average molecular weight is 288 g/mol. The van der Waals surface area contributed by atoms with Crippen LogP contribution >= 0.6 is 0 Å². The van der Waals surface area contributed by atoms with E-state index in [9.17, 15) is 13.2 Å². The van der Waals surface area contributed by atoms with Gasteiger partial charge in [0, 0.05) is 6.04 Å². The van der Waals surface area contributed by atoms with Gasteiger partial charge in [0.1, 0.15) is 11.4 Å². The van der Waals surface area contributed by atoms with E-state index in [0.717, 1.165) is 37.9 Å². The number of ether oxygens (including phenoxy) is 1. The fraction of sp³-hybridized carbons (Fsp3) is 0.643. The first-order valence-corrected chi connectivity index (χ1v) is 6.82. The van der Waals surface area contributed by atoms with E-state index in [1.807, 2.05) is 7.05 Å². The maximum atomic E-state index is 12.4.